The molecule has 10 nitrogen and oxygen atoms in total. The summed E-state index contributed by atoms with van der Waals surface area (Å²) in [5.74, 6) is -2.31. The lowest BCUT2D eigenvalue weighted by Gasteiger charge is -2.46. The molecule has 194 valence electrons. The lowest BCUT2D eigenvalue weighted by atomic mass is 9.77. The molecule has 0 spiro atoms. The number of carbonyl (C=O) groups is 2. The third kappa shape index (κ3) is 4.66. The molecular formula is C18H19F4N3O7S3. The number of carbonyl (C=O) groups excluding carboxylic acids is 1. The standard InChI is InChI=1S/C17H18FN3O4S2.CHF3O3S/c1-7-10(9-4-20-6-19(3)15(26-5-18)16(20)27-9)13(17(24)25)21-12(7)11(8(2)22)14(21)23;2-1(3,4)8(5,6)7/h4,6-8,11-12,22H,5H2,1-3H3;(H,5,6,7)/t7-,8+,11+,12+;/m0./s1. The number of fused-ring (bicyclic) bond motifs is 2. The predicted molar refractivity (Wildman–Crippen MR) is 114 cm³/mol. The summed E-state index contributed by atoms with van der Waals surface area (Å²) < 4.78 is 75.4. The van der Waals surface area contributed by atoms with Crippen LogP contribution in [0.25, 0.3) is 10.4 Å². The second-order valence-corrected chi connectivity index (χ2v) is 11.1. The van der Waals surface area contributed by atoms with Crippen molar-refractivity contribution < 1.29 is 54.9 Å². The van der Waals surface area contributed by atoms with Crippen LogP contribution in [-0.2, 0) is 26.8 Å². The predicted octanol–water partition coefficient (Wildman–Crippen LogP) is 1.55. The number of thioether (sulfide) groups is 1. The summed E-state index contributed by atoms with van der Waals surface area (Å²) in [7, 11) is -4.26. The van der Waals surface area contributed by atoms with Gasteiger partial charge in [-0.3, -0.25) is 4.79 Å². The third-order valence-corrected chi connectivity index (χ3v) is 8.32. The summed E-state index contributed by atoms with van der Waals surface area (Å²) in [6, 6.07) is -0.906. The van der Waals surface area contributed by atoms with Crippen molar-refractivity contribution in [3.63, 3.8) is 0 Å². The Hall–Kier alpha value is -2.21. The number of halogens is 4. The highest BCUT2D eigenvalue weighted by molar-refractivity contribution is 7.99. The highest BCUT2D eigenvalue weighted by Crippen LogP contribution is 2.51. The Bertz CT molecular complexity index is 1320. The van der Waals surface area contributed by atoms with E-state index in [1.807, 2.05) is 35.5 Å². The summed E-state index contributed by atoms with van der Waals surface area (Å²) >= 11 is 2.46. The monoisotopic (exact) mass is 561 g/mol. The minimum atomic E-state index is -6.09. The number of imidazole rings is 1. The van der Waals surface area contributed by atoms with E-state index in [9.17, 15) is 37.4 Å². The van der Waals surface area contributed by atoms with Crippen molar-refractivity contribution >= 4 is 55.5 Å². The van der Waals surface area contributed by atoms with Crippen molar-refractivity contribution in [2.24, 2.45) is 18.9 Å². The van der Waals surface area contributed by atoms with Crippen LogP contribution in [0.4, 0.5) is 17.6 Å². The van der Waals surface area contributed by atoms with Crippen LogP contribution in [0, 0.1) is 11.8 Å². The molecule has 0 saturated carbocycles. The Balaban J connectivity index is 0.000000371. The number of alkyl halides is 4. The molecule has 1 saturated heterocycles. The van der Waals surface area contributed by atoms with Crippen LogP contribution in [0.3, 0.4) is 0 Å². The Morgan fingerprint density at radius 1 is 1.40 bits per heavy atom. The van der Waals surface area contributed by atoms with E-state index in [4.69, 9.17) is 13.0 Å². The maximum absolute atomic E-state index is 12.9. The van der Waals surface area contributed by atoms with Crippen LogP contribution in [0.2, 0.25) is 0 Å². The molecule has 1 fully saturated rings. The summed E-state index contributed by atoms with van der Waals surface area (Å²) in [4.78, 5) is 27.3. The van der Waals surface area contributed by atoms with Gasteiger partial charge in [-0.05, 0) is 18.7 Å². The number of aliphatic hydroxyl groups is 1. The van der Waals surface area contributed by atoms with Crippen LogP contribution >= 0.6 is 23.1 Å². The largest absolute Gasteiger partial charge is 0.741 e. The van der Waals surface area contributed by atoms with Gasteiger partial charge in [-0.25, -0.2) is 22.2 Å². The van der Waals surface area contributed by atoms with E-state index < -0.39 is 39.6 Å². The van der Waals surface area contributed by atoms with E-state index in [2.05, 4.69) is 0 Å². The summed E-state index contributed by atoms with van der Waals surface area (Å²) in [5, 5.41) is 20.5. The molecule has 4 rings (SSSR count). The van der Waals surface area contributed by atoms with Gasteiger partial charge in [0.1, 0.15) is 17.9 Å². The molecule has 1 amide bonds. The second kappa shape index (κ2) is 9.34. The Labute approximate surface area is 204 Å². The number of carboxylic acids is 1. The molecule has 4 heterocycles. The lowest BCUT2D eigenvalue weighted by Crippen LogP contribution is -2.63. The van der Waals surface area contributed by atoms with Crippen molar-refractivity contribution in [1.29, 1.82) is 0 Å². The number of nitrogens with zero attached hydrogens (tertiary/aromatic N) is 3. The average molecular weight is 562 g/mol. The van der Waals surface area contributed by atoms with E-state index in [0.29, 0.717) is 5.57 Å². The molecule has 4 atom stereocenters. The molecule has 2 aliphatic heterocycles. The first kappa shape index (κ1) is 27.4. The zero-order valence-electron chi connectivity index (χ0n) is 18.2. The van der Waals surface area contributed by atoms with Gasteiger partial charge in [-0.1, -0.05) is 18.3 Å². The number of aliphatic carboxylic acids is 1. The molecule has 35 heavy (non-hydrogen) atoms. The number of hydrogen-bond donors (Lipinski definition) is 2. The molecule has 0 unspecified atom stereocenters. The lowest BCUT2D eigenvalue weighted by molar-refractivity contribution is -0.705. The van der Waals surface area contributed by atoms with Crippen molar-refractivity contribution in [3.05, 3.63) is 23.1 Å². The molecular weight excluding hydrogens is 542 g/mol. The highest BCUT2D eigenvalue weighted by Gasteiger charge is 2.60. The van der Waals surface area contributed by atoms with E-state index in [-0.39, 0.29) is 23.6 Å². The van der Waals surface area contributed by atoms with Gasteiger partial charge < -0.3 is 19.7 Å². The normalized spacial score (nSPS) is 23.2. The molecule has 2 aliphatic rings. The number of carboxylic acid groups (broad SMARTS) is 1. The summed E-state index contributed by atoms with van der Waals surface area (Å²) in [6.07, 6.45) is 2.80. The SMILES string of the molecule is C[C@@H](O)[C@H]1C(=O)N2C(C(=O)O)=C(c3cn4c[n+](C)c(SCF)c4s3)[C@H](C)[C@H]12.O=S(=O)([O-])C(F)(F)F. The van der Waals surface area contributed by atoms with Gasteiger partial charge in [0.2, 0.25) is 22.1 Å². The fraction of sp³-hybridized carbons (Fsp3) is 0.500. The van der Waals surface area contributed by atoms with Gasteiger partial charge >= 0.3 is 11.5 Å². The molecule has 2 N–H and O–H groups in total. The highest BCUT2D eigenvalue weighted by atomic mass is 32.2. The fourth-order valence-electron chi connectivity index (χ4n) is 4.23. The van der Waals surface area contributed by atoms with Gasteiger partial charge in [0, 0.05) is 11.5 Å². The summed E-state index contributed by atoms with van der Waals surface area (Å²) in [6.45, 7) is 3.44. The zero-order valence-corrected chi connectivity index (χ0v) is 20.6. The zero-order chi connectivity index (χ0) is 26.6. The van der Waals surface area contributed by atoms with Crippen molar-refractivity contribution in [2.75, 3.05) is 6.01 Å². The molecule has 0 radical (unpaired) electrons. The van der Waals surface area contributed by atoms with Crippen molar-refractivity contribution in [3.8, 4) is 0 Å². The molecule has 0 aliphatic carbocycles. The first-order chi connectivity index (χ1) is 16.0. The molecule has 2 aromatic heterocycles. The minimum absolute atomic E-state index is 0.0111. The summed E-state index contributed by atoms with van der Waals surface area (Å²) in [5.41, 5.74) is -5.06. The van der Waals surface area contributed by atoms with Gasteiger partial charge in [-0.15, -0.1) is 0 Å². The number of aromatic nitrogens is 2. The van der Waals surface area contributed by atoms with Gasteiger partial charge in [0.25, 0.3) is 0 Å². The molecule has 0 bridgehead atoms. The van der Waals surface area contributed by atoms with E-state index in [0.717, 1.165) is 26.5 Å². The molecule has 2 aromatic rings. The minimum Gasteiger partial charge on any atom is -0.741 e. The van der Waals surface area contributed by atoms with Crippen LogP contribution < -0.4 is 4.57 Å². The number of hydrogen-bond acceptors (Lipinski definition) is 8. The van der Waals surface area contributed by atoms with Crippen LogP contribution in [0.1, 0.15) is 18.7 Å². The van der Waals surface area contributed by atoms with Crippen molar-refractivity contribution in [2.45, 2.75) is 36.5 Å². The van der Waals surface area contributed by atoms with E-state index >= 15 is 0 Å². The first-order valence-electron chi connectivity index (χ1n) is 9.72. The van der Waals surface area contributed by atoms with E-state index in [1.165, 1.54) is 16.2 Å². The first-order valence-corrected chi connectivity index (χ1v) is 12.9. The average Bonchev–Trinajstić information content (AvgIpc) is 3.29. The Morgan fingerprint density at radius 2 is 1.97 bits per heavy atom. The molecule has 0 aromatic carbocycles. The number of aliphatic hydroxyl groups excluding tert-OH is 1. The molecule has 17 heteroatoms. The van der Waals surface area contributed by atoms with E-state index in [1.54, 1.807) is 6.92 Å². The maximum atomic E-state index is 12.9. The Morgan fingerprint density at radius 3 is 2.43 bits per heavy atom. The topological polar surface area (TPSA) is 143 Å². The number of thiazole rings is 1. The number of rotatable bonds is 5. The third-order valence-electron chi connectivity index (χ3n) is 5.61. The van der Waals surface area contributed by atoms with Crippen LogP contribution in [-0.4, -0.2) is 68.0 Å². The maximum Gasteiger partial charge on any atom is 0.485 e. The fourth-order valence-corrected chi connectivity index (χ4v) is 6.32. The number of amides is 1. The smallest absolute Gasteiger partial charge is 0.485 e. The van der Waals surface area contributed by atoms with Crippen LogP contribution in [0.15, 0.2) is 23.2 Å². The van der Waals surface area contributed by atoms with Gasteiger partial charge in [0.05, 0.1) is 30.0 Å². The number of β-lactam (4-membered cyclic amide) rings is 1. The van der Waals surface area contributed by atoms with Gasteiger partial charge in [-0.2, -0.15) is 17.6 Å². The second-order valence-electron chi connectivity index (χ2n) is 7.81. The quantitative estimate of drug-likeness (QED) is 0.140. The number of aryl methyl sites for hydroxylation is 1. The van der Waals surface area contributed by atoms with Gasteiger partial charge in [0.15, 0.2) is 10.1 Å². The van der Waals surface area contributed by atoms with Crippen LogP contribution in [0.5, 0.6) is 0 Å². The Kier molecular flexibility index (Phi) is 7.31. The van der Waals surface area contributed by atoms with Crippen molar-refractivity contribution in [1.82, 2.24) is 9.30 Å².